The summed E-state index contributed by atoms with van der Waals surface area (Å²) in [5, 5.41) is 29.6. The van der Waals surface area contributed by atoms with Gasteiger partial charge in [-0.1, -0.05) is 0 Å². The minimum Gasteiger partial charge on any atom is -0.485 e. The summed E-state index contributed by atoms with van der Waals surface area (Å²) >= 11 is 2.19. The van der Waals surface area contributed by atoms with Crippen molar-refractivity contribution < 1.29 is 67.0 Å². The third-order valence-electron chi connectivity index (χ3n) is 8.25. The first kappa shape index (κ1) is 42.7. The number of pyridine rings is 2. The number of carboxylic acids is 1. The molecule has 0 fully saturated rings. The molecule has 0 aliphatic carbocycles. The van der Waals surface area contributed by atoms with Crippen LogP contribution in [0.15, 0.2) is 48.8 Å². The van der Waals surface area contributed by atoms with Crippen LogP contribution in [0.3, 0.4) is 0 Å². The summed E-state index contributed by atoms with van der Waals surface area (Å²) < 4.78 is 57.1. The number of esters is 1. The molecule has 0 unspecified atom stereocenters. The van der Waals surface area contributed by atoms with Crippen LogP contribution in [0.25, 0.3) is 20.2 Å². The van der Waals surface area contributed by atoms with Gasteiger partial charge in [-0.3, -0.25) is 9.59 Å². The second-order valence-corrected chi connectivity index (χ2v) is 13.9. The quantitative estimate of drug-likeness (QED) is 0.0844. The van der Waals surface area contributed by atoms with Crippen molar-refractivity contribution in [3.05, 3.63) is 104 Å². The second-order valence-electron chi connectivity index (χ2n) is 11.7. The minimum atomic E-state index is -1.17. The fourth-order valence-electron chi connectivity index (χ4n) is 5.70. The van der Waals surface area contributed by atoms with Crippen LogP contribution in [0.1, 0.15) is 69.2 Å². The number of benzene rings is 2. The van der Waals surface area contributed by atoms with E-state index in [2.05, 4.69) is 9.97 Å². The van der Waals surface area contributed by atoms with E-state index in [-0.39, 0.29) is 80.7 Å². The Labute approximate surface area is 335 Å². The number of aliphatic hydroxyl groups is 2. The normalized spacial score (nSPS) is 10.8. The van der Waals surface area contributed by atoms with E-state index in [1.807, 2.05) is 0 Å². The van der Waals surface area contributed by atoms with Crippen molar-refractivity contribution in [2.75, 3.05) is 20.8 Å². The summed E-state index contributed by atoms with van der Waals surface area (Å²) in [6, 6.07) is 7.64. The van der Waals surface area contributed by atoms with Gasteiger partial charge in [0.05, 0.1) is 44.8 Å². The Kier molecular flexibility index (Phi) is 13.7. The average molecular weight is 841 g/mol. The lowest BCUT2D eigenvalue weighted by molar-refractivity contribution is 0.0528. The van der Waals surface area contributed by atoms with Crippen LogP contribution >= 0.6 is 22.7 Å². The zero-order chi connectivity index (χ0) is 42.3. The molecule has 58 heavy (non-hydrogen) atoms. The monoisotopic (exact) mass is 840 g/mol. The molecule has 4 aromatic heterocycles. The summed E-state index contributed by atoms with van der Waals surface area (Å²) in [6.45, 7) is 0.148. The smallest absolute Gasteiger partial charge is 0.348 e. The summed E-state index contributed by atoms with van der Waals surface area (Å²) in [5.41, 5.74) is 10.9. The number of hydrogen-bond acceptors (Lipinski definition) is 15. The molecule has 2 amide bonds. The number of carbonyl (C=O) groups excluding carboxylic acids is 3. The number of carboxylic acid groups (broad SMARTS) is 1. The van der Waals surface area contributed by atoms with E-state index in [0.29, 0.717) is 21.0 Å². The van der Waals surface area contributed by atoms with Crippen molar-refractivity contribution in [3.8, 4) is 23.3 Å². The van der Waals surface area contributed by atoms with E-state index in [1.165, 1.54) is 43.9 Å². The highest BCUT2D eigenvalue weighted by Gasteiger charge is 2.26. The Morgan fingerprint density at radius 1 is 0.724 bits per heavy atom. The predicted octanol–water partition coefficient (Wildman–Crippen LogP) is 5.10. The molecular formula is C38H34F2N4O12S2. The van der Waals surface area contributed by atoms with Gasteiger partial charge < -0.3 is 50.5 Å². The number of primary amides is 2. The second kappa shape index (κ2) is 18.6. The van der Waals surface area contributed by atoms with Gasteiger partial charge in [0.1, 0.15) is 23.0 Å². The van der Waals surface area contributed by atoms with Crippen LogP contribution in [-0.4, -0.2) is 69.9 Å². The summed E-state index contributed by atoms with van der Waals surface area (Å²) in [7, 11) is 2.84. The number of carbonyl (C=O) groups is 4. The summed E-state index contributed by atoms with van der Waals surface area (Å²) in [6.07, 6.45) is 3.03. The van der Waals surface area contributed by atoms with Crippen molar-refractivity contribution >= 4 is 66.6 Å². The molecule has 0 radical (unpaired) electrons. The summed E-state index contributed by atoms with van der Waals surface area (Å²) in [4.78, 5) is 55.2. The maximum absolute atomic E-state index is 14.6. The standard InChI is InChI=1S/C20H19FN2O6S.C18H15FN2O6S/c1-3-28-20(26)17-12(15-14(30-17)4-5-23-19(15)27-2)9-29-16-11(8-24)6-10(18(22)25)7-13(16)21;1-26-17-13-10(15(18(24)25)28-12(13)2-3-21-17)7-27-14-9(6-22)4-8(16(20)23)5-11(14)19/h4-7,24H,3,8-9H2,1-2H3,(H2,22,25);2-5,22H,6-7H2,1H3,(H2,20,23)(H,24,25). The van der Waals surface area contributed by atoms with Gasteiger partial charge in [-0.15, -0.1) is 22.7 Å². The van der Waals surface area contributed by atoms with Gasteiger partial charge in [-0.2, -0.15) is 0 Å². The van der Waals surface area contributed by atoms with E-state index < -0.39 is 48.6 Å². The van der Waals surface area contributed by atoms with E-state index in [1.54, 1.807) is 25.3 Å². The van der Waals surface area contributed by atoms with E-state index in [4.69, 9.17) is 35.2 Å². The molecule has 0 bridgehead atoms. The van der Waals surface area contributed by atoms with E-state index in [9.17, 15) is 43.3 Å². The number of halogens is 2. The fraction of sp³-hybridized carbons (Fsp3) is 0.211. The number of nitrogens with zero attached hydrogens (tertiary/aromatic N) is 2. The molecule has 0 aliphatic rings. The SMILES string of the molecule is CCOC(=O)c1sc2ccnc(OC)c2c1COc1c(F)cc(C(N)=O)cc1CO.COc1nccc2sc(C(=O)O)c(COc3c(F)cc(C(N)=O)cc3CO)c12. The number of amides is 2. The van der Waals surface area contributed by atoms with Gasteiger partial charge in [0.2, 0.25) is 23.6 Å². The van der Waals surface area contributed by atoms with Gasteiger partial charge >= 0.3 is 11.9 Å². The maximum atomic E-state index is 14.6. The minimum absolute atomic E-state index is 0.000938. The molecule has 7 N–H and O–H groups in total. The topological polar surface area (TPSA) is 253 Å². The Hall–Kier alpha value is -6.48. The van der Waals surface area contributed by atoms with Crippen LogP contribution < -0.4 is 30.4 Å². The Morgan fingerprint density at radius 3 is 1.53 bits per heavy atom. The fourth-order valence-corrected chi connectivity index (χ4v) is 7.82. The van der Waals surface area contributed by atoms with Gasteiger partial charge in [-0.25, -0.2) is 28.3 Å². The van der Waals surface area contributed by atoms with Gasteiger partial charge in [0.25, 0.3) is 0 Å². The molecule has 16 nitrogen and oxygen atoms in total. The van der Waals surface area contributed by atoms with Crippen LogP contribution in [-0.2, 0) is 31.2 Å². The molecule has 6 rings (SSSR count). The van der Waals surface area contributed by atoms with Crippen molar-refractivity contribution in [3.63, 3.8) is 0 Å². The lowest BCUT2D eigenvalue weighted by Crippen LogP contribution is -2.13. The zero-order valence-corrected chi connectivity index (χ0v) is 32.4. The Balaban J connectivity index is 0.000000221. The molecule has 0 aliphatic heterocycles. The maximum Gasteiger partial charge on any atom is 0.348 e. The zero-order valence-electron chi connectivity index (χ0n) is 30.8. The van der Waals surface area contributed by atoms with E-state index >= 15 is 0 Å². The molecule has 0 atom stereocenters. The lowest BCUT2D eigenvalue weighted by atomic mass is 10.1. The van der Waals surface area contributed by atoms with Crippen molar-refractivity contribution in [2.45, 2.75) is 33.4 Å². The molecular weight excluding hydrogens is 807 g/mol. The lowest BCUT2D eigenvalue weighted by Gasteiger charge is -2.13. The molecule has 0 saturated heterocycles. The number of thiophene rings is 2. The number of rotatable bonds is 15. The van der Waals surface area contributed by atoms with Gasteiger partial charge in [0.15, 0.2) is 23.1 Å². The number of nitrogens with two attached hydrogens (primary N) is 2. The molecule has 304 valence electrons. The van der Waals surface area contributed by atoms with Crippen molar-refractivity contribution in [2.24, 2.45) is 11.5 Å². The number of methoxy groups -OCH3 is 2. The molecule has 0 saturated carbocycles. The van der Waals surface area contributed by atoms with Crippen molar-refractivity contribution in [1.29, 1.82) is 0 Å². The number of aromatic carboxylic acids is 1. The number of hydrogen-bond donors (Lipinski definition) is 5. The number of ether oxygens (including phenoxy) is 5. The summed E-state index contributed by atoms with van der Waals surface area (Å²) in [5.74, 6) is -5.23. The van der Waals surface area contributed by atoms with E-state index in [0.717, 1.165) is 28.2 Å². The Bertz CT molecular complexity index is 2540. The van der Waals surface area contributed by atoms with Gasteiger partial charge in [-0.05, 0) is 43.3 Å². The molecule has 20 heteroatoms. The van der Waals surface area contributed by atoms with Crippen LogP contribution in [0, 0.1) is 11.6 Å². The molecule has 4 heterocycles. The third-order valence-corrected chi connectivity index (χ3v) is 10.6. The third kappa shape index (κ3) is 8.89. The highest BCUT2D eigenvalue weighted by Crippen LogP contribution is 2.39. The Morgan fingerprint density at radius 2 is 1.16 bits per heavy atom. The number of aromatic nitrogens is 2. The largest absolute Gasteiger partial charge is 0.485 e. The first-order valence-corrected chi connectivity index (χ1v) is 18.4. The number of fused-ring (bicyclic) bond motifs is 2. The van der Waals surface area contributed by atoms with Crippen LogP contribution in [0.5, 0.6) is 23.3 Å². The highest BCUT2D eigenvalue weighted by atomic mass is 32.1. The molecule has 2 aromatic carbocycles. The van der Waals surface area contributed by atoms with Crippen molar-refractivity contribution in [1.82, 2.24) is 9.97 Å². The van der Waals surface area contributed by atoms with Gasteiger partial charge in [0, 0.05) is 55.2 Å². The highest BCUT2D eigenvalue weighted by molar-refractivity contribution is 7.21. The number of aliphatic hydroxyl groups excluding tert-OH is 2. The average Bonchev–Trinajstić information content (AvgIpc) is 3.78. The first-order chi connectivity index (χ1) is 27.8. The predicted molar refractivity (Wildman–Crippen MR) is 206 cm³/mol. The van der Waals surface area contributed by atoms with Crippen LogP contribution in [0.4, 0.5) is 8.78 Å². The first-order valence-electron chi connectivity index (χ1n) is 16.8. The molecule has 0 spiro atoms. The molecule has 6 aromatic rings. The van der Waals surface area contributed by atoms with Crippen LogP contribution in [0.2, 0.25) is 0 Å².